The van der Waals surface area contributed by atoms with Crippen molar-refractivity contribution in [2.75, 3.05) is 12.4 Å². The number of nitrogens with one attached hydrogen (secondary N) is 3. The summed E-state index contributed by atoms with van der Waals surface area (Å²) in [6.07, 6.45) is 5.14. The van der Waals surface area contributed by atoms with Crippen molar-refractivity contribution >= 4 is 23.2 Å². The number of carbonyl (C=O) groups is 1. The summed E-state index contributed by atoms with van der Waals surface area (Å²) < 4.78 is 26.0. The minimum atomic E-state index is -0.563. The van der Waals surface area contributed by atoms with E-state index in [1.807, 2.05) is 13.0 Å². The monoisotopic (exact) mass is 443 g/mol. The molecule has 3 N–H and O–H groups in total. The lowest BCUT2D eigenvalue weighted by Crippen LogP contribution is -2.36. The molecule has 0 aliphatic heterocycles. The van der Waals surface area contributed by atoms with Gasteiger partial charge in [-0.05, 0) is 45.1 Å². The Morgan fingerprint density at radius 2 is 2.22 bits per heavy atom. The highest BCUT2D eigenvalue weighted by molar-refractivity contribution is 5.72. The first-order valence-corrected chi connectivity index (χ1v) is 10.8. The van der Waals surface area contributed by atoms with Crippen molar-refractivity contribution in [3.05, 3.63) is 35.7 Å². The molecule has 1 amide bonds. The first-order chi connectivity index (χ1) is 15.4. The molecule has 2 fully saturated rings. The van der Waals surface area contributed by atoms with Crippen LogP contribution in [0, 0.1) is 5.95 Å². The molecule has 0 aromatic carbocycles. The number of aromatic nitrogens is 5. The van der Waals surface area contributed by atoms with Crippen molar-refractivity contribution in [2.24, 2.45) is 0 Å². The summed E-state index contributed by atoms with van der Waals surface area (Å²) >= 11 is 0. The number of nitrogens with zero attached hydrogens (tertiary/aromatic N) is 4. The summed E-state index contributed by atoms with van der Waals surface area (Å²) in [5.41, 5.74) is 1.96. The van der Waals surface area contributed by atoms with Gasteiger partial charge >= 0.3 is 6.09 Å². The van der Waals surface area contributed by atoms with Crippen LogP contribution in [0.25, 0.3) is 5.52 Å². The molecular weight excluding hydrogens is 417 g/mol. The molecule has 0 spiro atoms. The van der Waals surface area contributed by atoms with Crippen LogP contribution in [0.4, 0.5) is 20.8 Å². The van der Waals surface area contributed by atoms with E-state index in [0.717, 1.165) is 44.0 Å². The van der Waals surface area contributed by atoms with E-state index in [2.05, 4.69) is 30.9 Å². The van der Waals surface area contributed by atoms with Gasteiger partial charge in [0.15, 0.2) is 11.6 Å². The Morgan fingerprint density at radius 3 is 3.00 bits per heavy atom. The van der Waals surface area contributed by atoms with Gasteiger partial charge in [-0.2, -0.15) is 14.6 Å². The van der Waals surface area contributed by atoms with Crippen LogP contribution in [0.1, 0.15) is 56.3 Å². The largest absolute Gasteiger partial charge is 0.446 e. The van der Waals surface area contributed by atoms with Crippen LogP contribution in [0.2, 0.25) is 0 Å². The van der Waals surface area contributed by atoms with Gasteiger partial charge < -0.3 is 20.1 Å². The second-order valence-corrected chi connectivity index (χ2v) is 8.85. The number of ether oxygens (including phenoxy) is 2. The zero-order valence-corrected chi connectivity index (χ0v) is 18.0. The Hall–Kier alpha value is -3.21. The maximum Gasteiger partial charge on any atom is 0.407 e. The lowest BCUT2D eigenvalue weighted by molar-refractivity contribution is 0.0967. The summed E-state index contributed by atoms with van der Waals surface area (Å²) in [6, 6.07) is 3.63. The van der Waals surface area contributed by atoms with Gasteiger partial charge in [0.1, 0.15) is 11.6 Å². The lowest BCUT2D eigenvalue weighted by Gasteiger charge is -2.16. The van der Waals surface area contributed by atoms with E-state index >= 15 is 0 Å². The Bertz CT molecular complexity index is 1140. The van der Waals surface area contributed by atoms with Gasteiger partial charge in [0.25, 0.3) is 0 Å². The predicted octanol–water partition coefficient (Wildman–Crippen LogP) is 3.40. The summed E-state index contributed by atoms with van der Waals surface area (Å²) in [7, 11) is 1.56. The third kappa shape index (κ3) is 4.24. The Morgan fingerprint density at radius 1 is 1.38 bits per heavy atom. The molecule has 3 aromatic rings. The van der Waals surface area contributed by atoms with E-state index in [4.69, 9.17) is 9.47 Å². The fraction of sp³-hybridized carbons (Fsp3) is 0.524. The van der Waals surface area contributed by atoms with E-state index in [1.54, 1.807) is 13.2 Å². The summed E-state index contributed by atoms with van der Waals surface area (Å²) in [5.74, 6) is 0.667. The van der Waals surface area contributed by atoms with Gasteiger partial charge in [-0.15, -0.1) is 0 Å². The maximum absolute atomic E-state index is 14.1. The van der Waals surface area contributed by atoms with Crippen molar-refractivity contribution < 1.29 is 18.7 Å². The molecule has 3 heterocycles. The molecule has 2 aliphatic rings. The molecule has 2 atom stereocenters. The first kappa shape index (κ1) is 20.7. The number of carbonyl (C=O) groups excluding carboxylic acids is 1. The first-order valence-electron chi connectivity index (χ1n) is 10.8. The fourth-order valence-electron chi connectivity index (χ4n) is 4.12. The molecule has 2 aliphatic carbocycles. The topological polar surface area (TPSA) is 118 Å². The van der Waals surface area contributed by atoms with Crippen LogP contribution in [-0.4, -0.2) is 49.6 Å². The van der Waals surface area contributed by atoms with Gasteiger partial charge in [-0.1, -0.05) is 0 Å². The zero-order valence-electron chi connectivity index (χ0n) is 18.0. The van der Waals surface area contributed by atoms with Crippen molar-refractivity contribution in [3.63, 3.8) is 0 Å². The Balaban J connectivity index is 1.24. The summed E-state index contributed by atoms with van der Waals surface area (Å²) in [5, 5.41) is 17.6. The number of aromatic amines is 1. The van der Waals surface area contributed by atoms with Crippen molar-refractivity contribution in [1.82, 2.24) is 30.1 Å². The van der Waals surface area contributed by atoms with E-state index in [0.29, 0.717) is 22.8 Å². The molecule has 32 heavy (non-hydrogen) atoms. The lowest BCUT2D eigenvalue weighted by atomic mass is 10.0. The molecule has 3 aromatic heterocycles. The molecule has 0 radical (unpaired) electrons. The molecule has 10 nitrogen and oxygen atoms in total. The zero-order chi connectivity index (χ0) is 22.3. The fourth-order valence-corrected chi connectivity index (χ4v) is 4.12. The molecular formula is C21H26FN7O3. The Kier molecular flexibility index (Phi) is 5.20. The average Bonchev–Trinajstić information content (AvgIpc) is 3.18. The SMILES string of the molecule is COCc1cc2c(Nc3cc([C@H]4CC[C@@H](OC(=O)NC5(C)CC5)C4)[nH]n3)ncc(F)n2n1. The quantitative estimate of drug-likeness (QED) is 0.512. The normalized spacial score (nSPS) is 21.6. The number of amides is 1. The van der Waals surface area contributed by atoms with Crippen LogP contribution >= 0.6 is 0 Å². The number of hydrogen-bond donors (Lipinski definition) is 3. The van der Waals surface area contributed by atoms with Crippen LogP contribution in [0.5, 0.6) is 0 Å². The van der Waals surface area contributed by atoms with E-state index in [1.165, 1.54) is 4.52 Å². The molecule has 0 unspecified atom stereocenters. The van der Waals surface area contributed by atoms with Gasteiger partial charge in [0.05, 0.1) is 18.5 Å². The molecule has 5 rings (SSSR count). The number of alkyl carbamates (subject to hydrolysis) is 1. The number of methoxy groups -OCH3 is 1. The minimum Gasteiger partial charge on any atom is -0.446 e. The van der Waals surface area contributed by atoms with E-state index in [9.17, 15) is 9.18 Å². The Labute approximate surface area is 183 Å². The van der Waals surface area contributed by atoms with Crippen LogP contribution in [0.3, 0.4) is 0 Å². The van der Waals surface area contributed by atoms with Crippen molar-refractivity contribution in [2.45, 2.75) is 63.2 Å². The average molecular weight is 443 g/mol. The molecule has 0 bridgehead atoms. The third-order valence-electron chi connectivity index (χ3n) is 6.14. The number of fused-ring (bicyclic) bond motifs is 1. The smallest absolute Gasteiger partial charge is 0.407 e. The standard InChI is InChI=1S/C21H26FN7O3/c1-21(5-6-21)25-20(30)32-14-4-3-12(7-14)15-9-18(27-26-15)24-19-16-8-13(11-31-2)28-29(16)17(22)10-23-19/h8-10,12,14H,3-7,11H2,1-2H3,(H,25,30)(H2,23,24,26,27)/t12-,14+/m0/s1. The minimum absolute atomic E-state index is 0.0846. The summed E-state index contributed by atoms with van der Waals surface area (Å²) in [4.78, 5) is 16.2. The molecule has 0 saturated heterocycles. The summed E-state index contributed by atoms with van der Waals surface area (Å²) in [6.45, 7) is 2.30. The maximum atomic E-state index is 14.1. The third-order valence-corrected chi connectivity index (χ3v) is 6.14. The van der Waals surface area contributed by atoms with Gasteiger partial charge in [-0.25, -0.2) is 14.3 Å². The second kappa shape index (κ2) is 8.05. The number of halogens is 1. The number of hydrogen-bond acceptors (Lipinski definition) is 7. The van der Waals surface area contributed by atoms with Gasteiger partial charge in [0, 0.05) is 30.3 Å². The van der Waals surface area contributed by atoms with Gasteiger partial charge in [0.2, 0.25) is 5.95 Å². The number of anilines is 2. The van der Waals surface area contributed by atoms with Crippen LogP contribution in [-0.2, 0) is 16.1 Å². The highest BCUT2D eigenvalue weighted by atomic mass is 19.1. The van der Waals surface area contributed by atoms with Crippen molar-refractivity contribution in [1.29, 1.82) is 0 Å². The highest BCUT2D eigenvalue weighted by Gasteiger charge is 2.40. The van der Waals surface area contributed by atoms with Crippen LogP contribution in [0.15, 0.2) is 18.3 Å². The number of H-pyrrole nitrogens is 1. The van der Waals surface area contributed by atoms with Gasteiger partial charge in [-0.3, -0.25) is 5.10 Å². The number of rotatable bonds is 7. The highest BCUT2D eigenvalue weighted by Crippen LogP contribution is 2.37. The molecule has 2 saturated carbocycles. The van der Waals surface area contributed by atoms with Crippen molar-refractivity contribution in [3.8, 4) is 0 Å². The second-order valence-electron chi connectivity index (χ2n) is 8.85. The molecule has 11 heteroatoms. The van der Waals surface area contributed by atoms with E-state index < -0.39 is 5.95 Å². The predicted molar refractivity (Wildman–Crippen MR) is 113 cm³/mol. The van der Waals surface area contributed by atoms with E-state index in [-0.39, 0.29) is 30.3 Å². The molecule has 170 valence electrons. The van der Waals surface area contributed by atoms with Crippen LogP contribution < -0.4 is 10.6 Å².